The molecule has 17 heavy (non-hydrogen) atoms. The topological polar surface area (TPSA) is 51.0 Å². The zero-order chi connectivity index (χ0) is 12.1. The highest BCUT2D eigenvalue weighted by atomic mass is 16.3. The van der Waals surface area contributed by atoms with E-state index in [1.54, 1.807) is 18.7 Å². The highest BCUT2D eigenvalue weighted by Gasteiger charge is 2.09. The minimum Gasteiger partial charge on any atom is -0.469 e. The number of furan rings is 1. The van der Waals surface area contributed by atoms with Crippen LogP contribution in [0, 0.1) is 6.92 Å². The van der Waals surface area contributed by atoms with Crippen molar-refractivity contribution in [1.29, 1.82) is 0 Å². The molecule has 2 aromatic heterocycles. The zero-order valence-corrected chi connectivity index (χ0v) is 10.2. The van der Waals surface area contributed by atoms with Crippen molar-refractivity contribution < 1.29 is 4.42 Å². The fourth-order valence-corrected chi connectivity index (χ4v) is 1.81. The lowest BCUT2D eigenvalue weighted by molar-refractivity contribution is 0.482. The summed E-state index contributed by atoms with van der Waals surface area (Å²) in [5.41, 5.74) is 1.98. The van der Waals surface area contributed by atoms with Crippen molar-refractivity contribution in [1.82, 2.24) is 15.3 Å². The molecule has 2 heterocycles. The maximum Gasteiger partial charge on any atom is 0.105 e. The van der Waals surface area contributed by atoms with Crippen molar-refractivity contribution in [2.45, 2.75) is 26.3 Å². The quantitative estimate of drug-likeness (QED) is 0.857. The fraction of sp³-hybridized carbons (Fsp3) is 0.385. The minimum atomic E-state index is 0.207. The normalized spacial score (nSPS) is 12.6. The van der Waals surface area contributed by atoms with Crippen molar-refractivity contribution >= 4 is 0 Å². The van der Waals surface area contributed by atoms with Gasteiger partial charge in [-0.2, -0.15) is 0 Å². The van der Waals surface area contributed by atoms with Crippen LogP contribution in [-0.2, 0) is 6.42 Å². The molecular weight excluding hydrogens is 214 g/mol. The molecule has 0 aliphatic carbocycles. The van der Waals surface area contributed by atoms with Crippen molar-refractivity contribution in [2.75, 3.05) is 6.54 Å². The smallest absolute Gasteiger partial charge is 0.105 e. The summed E-state index contributed by atoms with van der Waals surface area (Å²) < 4.78 is 5.28. The van der Waals surface area contributed by atoms with E-state index in [1.807, 2.05) is 19.1 Å². The molecule has 1 N–H and O–H groups in total. The average molecular weight is 231 g/mol. The summed E-state index contributed by atoms with van der Waals surface area (Å²) in [4.78, 5) is 8.58. The van der Waals surface area contributed by atoms with Gasteiger partial charge in [0, 0.05) is 31.4 Å². The maximum atomic E-state index is 5.28. The number of aromatic nitrogens is 2. The van der Waals surface area contributed by atoms with Gasteiger partial charge >= 0.3 is 0 Å². The molecule has 2 aromatic rings. The first-order valence-electron chi connectivity index (χ1n) is 5.80. The van der Waals surface area contributed by atoms with Crippen molar-refractivity contribution in [3.05, 3.63) is 47.9 Å². The standard InChI is InChI=1S/C13H17N3O/c1-10(13-11(2)15-7-8-16-13)14-6-5-12-4-3-9-17-12/h3-4,7-10,14H,5-6H2,1-2H3. The van der Waals surface area contributed by atoms with E-state index < -0.39 is 0 Å². The van der Waals surface area contributed by atoms with Crippen LogP contribution in [0.1, 0.15) is 30.1 Å². The molecule has 4 nitrogen and oxygen atoms in total. The SMILES string of the molecule is Cc1nccnc1C(C)NCCc1ccco1. The number of nitrogens with zero attached hydrogens (tertiary/aromatic N) is 2. The van der Waals surface area contributed by atoms with Gasteiger partial charge in [0.15, 0.2) is 0 Å². The van der Waals surface area contributed by atoms with Crippen molar-refractivity contribution in [3.63, 3.8) is 0 Å². The molecular formula is C13H17N3O. The Morgan fingerprint density at radius 1 is 1.35 bits per heavy atom. The van der Waals surface area contributed by atoms with E-state index in [-0.39, 0.29) is 6.04 Å². The summed E-state index contributed by atoms with van der Waals surface area (Å²) in [6.07, 6.45) is 6.03. The highest BCUT2D eigenvalue weighted by Crippen LogP contribution is 2.11. The first kappa shape index (κ1) is 11.8. The molecule has 0 saturated heterocycles. The van der Waals surface area contributed by atoms with Gasteiger partial charge in [-0.25, -0.2) is 0 Å². The molecule has 0 radical (unpaired) electrons. The average Bonchev–Trinajstić information content (AvgIpc) is 2.82. The predicted molar refractivity (Wildman–Crippen MR) is 65.6 cm³/mol. The van der Waals surface area contributed by atoms with E-state index in [1.165, 1.54) is 0 Å². The van der Waals surface area contributed by atoms with E-state index in [4.69, 9.17) is 4.42 Å². The van der Waals surface area contributed by atoms with E-state index >= 15 is 0 Å². The number of nitrogens with one attached hydrogen (secondary N) is 1. The van der Waals surface area contributed by atoms with Gasteiger partial charge in [0.1, 0.15) is 5.76 Å². The molecule has 90 valence electrons. The molecule has 4 heteroatoms. The summed E-state index contributed by atoms with van der Waals surface area (Å²) in [5.74, 6) is 1.00. The van der Waals surface area contributed by atoms with Crippen LogP contribution in [0.25, 0.3) is 0 Å². The molecule has 1 atom stereocenters. The third-order valence-electron chi connectivity index (χ3n) is 2.73. The predicted octanol–water partition coefficient (Wildman–Crippen LogP) is 2.27. The first-order chi connectivity index (χ1) is 8.27. The monoisotopic (exact) mass is 231 g/mol. The van der Waals surface area contributed by atoms with Gasteiger partial charge < -0.3 is 9.73 Å². The van der Waals surface area contributed by atoms with Gasteiger partial charge in [-0.3, -0.25) is 9.97 Å². The Morgan fingerprint density at radius 3 is 2.88 bits per heavy atom. The van der Waals surface area contributed by atoms with Gasteiger partial charge in [-0.15, -0.1) is 0 Å². The van der Waals surface area contributed by atoms with E-state index in [0.717, 1.165) is 30.1 Å². The molecule has 0 aromatic carbocycles. The lowest BCUT2D eigenvalue weighted by Crippen LogP contribution is -2.23. The Kier molecular flexibility index (Phi) is 3.88. The lowest BCUT2D eigenvalue weighted by atomic mass is 10.2. The van der Waals surface area contributed by atoms with Crippen LogP contribution in [0.3, 0.4) is 0 Å². The molecule has 0 spiro atoms. The third-order valence-corrected chi connectivity index (χ3v) is 2.73. The Bertz CT molecular complexity index is 453. The van der Waals surface area contributed by atoms with Gasteiger partial charge in [0.05, 0.1) is 17.7 Å². The van der Waals surface area contributed by atoms with Crippen LogP contribution in [0.15, 0.2) is 35.2 Å². The first-order valence-corrected chi connectivity index (χ1v) is 5.80. The van der Waals surface area contributed by atoms with Gasteiger partial charge in [-0.1, -0.05) is 0 Å². The van der Waals surface area contributed by atoms with Crippen LogP contribution in [0.4, 0.5) is 0 Å². The molecule has 0 saturated carbocycles. The Hall–Kier alpha value is -1.68. The summed E-state index contributed by atoms with van der Waals surface area (Å²) in [6.45, 7) is 4.94. The van der Waals surface area contributed by atoms with Crippen molar-refractivity contribution in [2.24, 2.45) is 0 Å². The second-order valence-corrected chi connectivity index (χ2v) is 4.03. The Balaban J connectivity index is 1.85. The van der Waals surface area contributed by atoms with Gasteiger partial charge in [0.2, 0.25) is 0 Å². The largest absolute Gasteiger partial charge is 0.469 e. The van der Waals surface area contributed by atoms with Crippen LogP contribution >= 0.6 is 0 Å². The Morgan fingerprint density at radius 2 is 2.18 bits per heavy atom. The highest BCUT2D eigenvalue weighted by molar-refractivity contribution is 5.12. The summed E-state index contributed by atoms with van der Waals surface area (Å²) in [6, 6.07) is 4.10. The lowest BCUT2D eigenvalue weighted by Gasteiger charge is -2.14. The maximum absolute atomic E-state index is 5.28. The van der Waals surface area contributed by atoms with Crippen LogP contribution < -0.4 is 5.32 Å². The number of aryl methyl sites for hydroxylation is 1. The molecule has 1 unspecified atom stereocenters. The van der Waals surface area contributed by atoms with Crippen LogP contribution in [0.2, 0.25) is 0 Å². The molecule has 0 fully saturated rings. The third kappa shape index (κ3) is 3.14. The van der Waals surface area contributed by atoms with E-state index in [2.05, 4.69) is 22.2 Å². The molecule has 0 bridgehead atoms. The van der Waals surface area contributed by atoms with Crippen molar-refractivity contribution in [3.8, 4) is 0 Å². The van der Waals surface area contributed by atoms with E-state index in [0.29, 0.717) is 0 Å². The fourth-order valence-electron chi connectivity index (χ4n) is 1.81. The summed E-state index contributed by atoms with van der Waals surface area (Å²) >= 11 is 0. The zero-order valence-electron chi connectivity index (χ0n) is 10.2. The van der Waals surface area contributed by atoms with Gasteiger partial charge in [-0.05, 0) is 26.0 Å². The molecule has 0 aliphatic rings. The number of hydrogen-bond donors (Lipinski definition) is 1. The number of hydrogen-bond acceptors (Lipinski definition) is 4. The molecule has 0 amide bonds. The van der Waals surface area contributed by atoms with Crippen LogP contribution in [0.5, 0.6) is 0 Å². The van der Waals surface area contributed by atoms with Crippen LogP contribution in [-0.4, -0.2) is 16.5 Å². The molecule has 0 aliphatic heterocycles. The van der Waals surface area contributed by atoms with Gasteiger partial charge in [0.25, 0.3) is 0 Å². The second-order valence-electron chi connectivity index (χ2n) is 4.03. The second kappa shape index (κ2) is 5.59. The number of rotatable bonds is 5. The van der Waals surface area contributed by atoms with E-state index in [9.17, 15) is 0 Å². The Labute approximate surface area is 101 Å². The molecule has 2 rings (SSSR count). The summed E-state index contributed by atoms with van der Waals surface area (Å²) in [5, 5.41) is 3.42. The minimum absolute atomic E-state index is 0.207. The summed E-state index contributed by atoms with van der Waals surface area (Å²) in [7, 11) is 0.